The third-order valence-corrected chi connectivity index (χ3v) is 3.22. The molecule has 100 valence electrons. The van der Waals surface area contributed by atoms with Crippen molar-refractivity contribution in [1.29, 1.82) is 0 Å². The largest absolute Gasteiger partial charge is 0.349 e. The van der Waals surface area contributed by atoms with Gasteiger partial charge in [0.25, 0.3) is 0 Å². The Kier molecular flexibility index (Phi) is 6.20. The van der Waals surface area contributed by atoms with Crippen LogP contribution in [0.5, 0.6) is 0 Å². The van der Waals surface area contributed by atoms with Crippen LogP contribution >= 0.6 is 11.6 Å². The Morgan fingerprint density at radius 2 is 1.89 bits per heavy atom. The SMILES string of the molecule is CCC(NC(=O)CCC(C)C)c1ccc(Cl)cc1. The molecule has 3 heteroatoms. The highest BCUT2D eigenvalue weighted by Crippen LogP contribution is 2.19. The van der Waals surface area contributed by atoms with Gasteiger partial charge in [-0.1, -0.05) is 44.5 Å². The van der Waals surface area contributed by atoms with E-state index in [1.165, 1.54) is 0 Å². The highest BCUT2D eigenvalue weighted by Gasteiger charge is 2.12. The molecule has 0 radical (unpaired) electrons. The van der Waals surface area contributed by atoms with Crippen LogP contribution in [-0.2, 0) is 4.79 Å². The summed E-state index contributed by atoms with van der Waals surface area (Å²) in [6, 6.07) is 7.75. The molecule has 0 aliphatic rings. The lowest BCUT2D eigenvalue weighted by atomic mass is 10.0. The number of hydrogen-bond acceptors (Lipinski definition) is 1. The second kappa shape index (κ2) is 7.42. The van der Waals surface area contributed by atoms with E-state index in [1.54, 1.807) is 0 Å². The Hall–Kier alpha value is -1.02. The molecule has 0 saturated carbocycles. The van der Waals surface area contributed by atoms with Crippen molar-refractivity contribution in [1.82, 2.24) is 5.32 Å². The summed E-state index contributed by atoms with van der Waals surface area (Å²) >= 11 is 5.86. The molecule has 0 aliphatic carbocycles. The molecule has 0 bridgehead atoms. The highest BCUT2D eigenvalue weighted by atomic mass is 35.5. The normalized spacial score (nSPS) is 12.5. The molecule has 1 aromatic carbocycles. The van der Waals surface area contributed by atoms with Crippen molar-refractivity contribution in [3.8, 4) is 0 Å². The monoisotopic (exact) mass is 267 g/mol. The standard InChI is InChI=1S/C15H22ClNO/c1-4-14(12-6-8-13(16)9-7-12)17-15(18)10-5-11(2)3/h6-9,11,14H,4-5,10H2,1-3H3,(H,17,18). The molecule has 1 amide bonds. The van der Waals surface area contributed by atoms with E-state index in [9.17, 15) is 4.79 Å². The summed E-state index contributed by atoms with van der Waals surface area (Å²) in [5, 5.41) is 3.80. The first kappa shape index (κ1) is 15.0. The van der Waals surface area contributed by atoms with E-state index in [1.807, 2.05) is 24.3 Å². The maximum atomic E-state index is 11.8. The van der Waals surface area contributed by atoms with Crippen LogP contribution in [-0.4, -0.2) is 5.91 Å². The molecule has 2 nitrogen and oxygen atoms in total. The number of carbonyl (C=O) groups excluding carboxylic acids is 1. The summed E-state index contributed by atoms with van der Waals surface area (Å²) in [5.41, 5.74) is 1.11. The molecule has 0 spiro atoms. The van der Waals surface area contributed by atoms with E-state index >= 15 is 0 Å². The minimum atomic E-state index is 0.0851. The van der Waals surface area contributed by atoms with Gasteiger partial charge in [-0.3, -0.25) is 4.79 Å². The van der Waals surface area contributed by atoms with Crippen LogP contribution in [0.2, 0.25) is 5.02 Å². The molecule has 0 saturated heterocycles. The van der Waals surface area contributed by atoms with Crippen molar-refractivity contribution in [3.05, 3.63) is 34.9 Å². The van der Waals surface area contributed by atoms with Crippen LogP contribution in [0.4, 0.5) is 0 Å². The predicted octanol–water partition coefficient (Wildman–Crippen LogP) is 4.34. The maximum Gasteiger partial charge on any atom is 0.220 e. The molecule has 1 N–H and O–H groups in total. The number of nitrogens with one attached hydrogen (secondary N) is 1. The molecule has 0 aromatic heterocycles. The first-order valence-corrected chi connectivity index (χ1v) is 6.95. The van der Waals surface area contributed by atoms with E-state index in [0.29, 0.717) is 12.3 Å². The van der Waals surface area contributed by atoms with Crippen LogP contribution < -0.4 is 5.32 Å². The molecule has 1 aromatic rings. The number of benzene rings is 1. The lowest BCUT2D eigenvalue weighted by molar-refractivity contribution is -0.122. The van der Waals surface area contributed by atoms with E-state index in [2.05, 4.69) is 26.1 Å². The van der Waals surface area contributed by atoms with Crippen molar-refractivity contribution < 1.29 is 4.79 Å². The fraction of sp³-hybridized carbons (Fsp3) is 0.533. The zero-order valence-electron chi connectivity index (χ0n) is 11.4. The van der Waals surface area contributed by atoms with Gasteiger partial charge in [-0.15, -0.1) is 0 Å². The van der Waals surface area contributed by atoms with Gasteiger partial charge in [-0.25, -0.2) is 0 Å². The Balaban J connectivity index is 2.56. The number of rotatable bonds is 6. The molecular formula is C15H22ClNO. The van der Waals surface area contributed by atoms with Gasteiger partial charge in [-0.05, 0) is 36.5 Å². The summed E-state index contributed by atoms with van der Waals surface area (Å²) < 4.78 is 0. The molecular weight excluding hydrogens is 246 g/mol. The third-order valence-electron chi connectivity index (χ3n) is 2.96. The predicted molar refractivity (Wildman–Crippen MR) is 76.7 cm³/mol. The average molecular weight is 268 g/mol. The topological polar surface area (TPSA) is 29.1 Å². The van der Waals surface area contributed by atoms with E-state index < -0.39 is 0 Å². The number of carbonyl (C=O) groups is 1. The summed E-state index contributed by atoms with van der Waals surface area (Å²) in [4.78, 5) is 11.8. The number of halogens is 1. The summed E-state index contributed by atoms with van der Waals surface area (Å²) in [6.07, 6.45) is 2.42. The van der Waals surface area contributed by atoms with Crippen LogP contribution in [0.1, 0.15) is 51.6 Å². The van der Waals surface area contributed by atoms with Gasteiger partial charge in [0, 0.05) is 11.4 Å². The summed E-state index contributed by atoms with van der Waals surface area (Å²) in [6.45, 7) is 6.33. The lowest BCUT2D eigenvalue weighted by Gasteiger charge is -2.18. The molecule has 1 atom stereocenters. The molecule has 0 fully saturated rings. The first-order valence-electron chi connectivity index (χ1n) is 6.57. The Bertz CT molecular complexity index is 373. The van der Waals surface area contributed by atoms with Gasteiger partial charge in [0.2, 0.25) is 5.91 Å². The van der Waals surface area contributed by atoms with Gasteiger partial charge in [0.15, 0.2) is 0 Å². The Morgan fingerprint density at radius 1 is 1.28 bits per heavy atom. The quantitative estimate of drug-likeness (QED) is 0.816. The van der Waals surface area contributed by atoms with Crippen molar-refractivity contribution in [3.63, 3.8) is 0 Å². The van der Waals surface area contributed by atoms with Crippen LogP contribution in [0, 0.1) is 5.92 Å². The molecule has 1 unspecified atom stereocenters. The third kappa shape index (κ3) is 5.09. The van der Waals surface area contributed by atoms with E-state index in [-0.39, 0.29) is 11.9 Å². The van der Waals surface area contributed by atoms with Crippen molar-refractivity contribution in [2.45, 2.75) is 46.1 Å². The first-order chi connectivity index (χ1) is 8.52. The summed E-state index contributed by atoms with van der Waals surface area (Å²) in [5.74, 6) is 0.692. The minimum absolute atomic E-state index is 0.0851. The van der Waals surface area contributed by atoms with Gasteiger partial charge in [0.1, 0.15) is 0 Å². The van der Waals surface area contributed by atoms with Crippen molar-refractivity contribution in [2.24, 2.45) is 5.92 Å². The van der Waals surface area contributed by atoms with Crippen molar-refractivity contribution >= 4 is 17.5 Å². The number of hydrogen-bond donors (Lipinski definition) is 1. The van der Waals surface area contributed by atoms with Crippen LogP contribution in [0.3, 0.4) is 0 Å². The Morgan fingerprint density at radius 3 is 2.39 bits per heavy atom. The van der Waals surface area contributed by atoms with E-state index in [0.717, 1.165) is 23.4 Å². The van der Waals surface area contributed by atoms with Gasteiger partial charge in [0.05, 0.1) is 6.04 Å². The van der Waals surface area contributed by atoms with Gasteiger partial charge < -0.3 is 5.32 Å². The fourth-order valence-electron chi connectivity index (χ4n) is 1.80. The highest BCUT2D eigenvalue weighted by molar-refractivity contribution is 6.30. The van der Waals surface area contributed by atoms with Crippen LogP contribution in [0.25, 0.3) is 0 Å². The zero-order chi connectivity index (χ0) is 13.5. The maximum absolute atomic E-state index is 11.8. The number of amides is 1. The van der Waals surface area contributed by atoms with Crippen LogP contribution in [0.15, 0.2) is 24.3 Å². The molecule has 1 rings (SSSR count). The van der Waals surface area contributed by atoms with Gasteiger partial charge >= 0.3 is 0 Å². The second-order valence-electron chi connectivity index (χ2n) is 5.01. The smallest absolute Gasteiger partial charge is 0.220 e. The molecule has 0 aliphatic heterocycles. The lowest BCUT2D eigenvalue weighted by Crippen LogP contribution is -2.28. The average Bonchev–Trinajstić information content (AvgIpc) is 2.34. The summed E-state index contributed by atoms with van der Waals surface area (Å²) in [7, 11) is 0. The minimum Gasteiger partial charge on any atom is -0.349 e. The second-order valence-corrected chi connectivity index (χ2v) is 5.45. The van der Waals surface area contributed by atoms with Gasteiger partial charge in [-0.2, -0.15) is 0 Å². The Labute approximate surface area is 115 Å². The van der Waals surface area contributed by atoms with E-state index in [4.69, 9.17) is 11.6 Å². The molecule has 0 heterocycles. The van der Waals surface area contributed by atoms with Crippen molar-refractivity contribution in [2.75, 3.05) is 0 Å². The molecule has 18 heavy (non-hydrogen) atoms. The fourth-order valence-corrected chi connectivity index (χ4v) is 1.93. The zero-order valence-corrected chi connectivity index (χ0v) is 12.1.